The number of methoxy groups -OCH3 is 1. The minimum Gasteiger partial charge on any atom is -0.493 e. The van der Waals surface area contributed by atoms with Gasteiger partial charge in [-0.1, -0.05) is 30.3 Å². The van der Waals surface area contributed by atoms with Crippen molar-refractivity contribution in [1.82, 2.24) is 9.78 Å². The van der Waals surface area contributed by atoms with Crippen molar-refractivity contribution in [3.8, 4) is 11.4 Å². The fourth-order valence-corrected chi connectivity index (χ4v) is 3.30. The smallest absolute Gasteiger partial charge is 0.280 e. The van der Waals surface area contributed by atoms with Crippen molar-refractivity contribution in [3.05, 3.63) is 66.5 Å². The molecule has 0 saturated carbocycles. The lowest BCUT2D eigenvalue weighted by Crippen LogP contribution is -2.16. The molecule has 0 atom stereocenters. The van der Waals surface area contributed by atoms with Crippen LogP contribution in [0.5, 0.6) is 5.75 Å². The van der Waals surface area contributed by atoms with Gasteiger partial charge in [0.1, 0.15) is 0 Å². The summed E-state index contributed by atoms with van der Waals surface area (Å²) in [7, 11) is -2.05. The number of hydrogen-bond donors (Lipinski definition) is 1. The van der Waals surface area contributed by atoms with Crippen molar-refractivity contribution < 1.29 is 17.9 Å². The van der Waals surface area contributed by atoms with E-state index in [1.54, 1.807) is 18.3 Å². The summed E-state index contributed by atoms with van der Waals surface area (Å²) in [6.07, 6.45) is 2.68. The van der Waals surface area contributed by atoms with Crippen molar-refractivity contribution >= 4 is 21.4 Å². The van der Waals surface area contributed by atoms with Gasteiger partial charge in [0, 0.05) is 6.26 Å². The molecule has 134 valence electrons. The van der Waals surface area contributed by atoms with E-state index in [4.69, 9.17) is 4.74 Å². The van der Waals surface area contributed by atoms with Crippen LogP contribution in [0, 0.1) is 0 Å². The number of nitrogens with zero attached hydrogens (tertiary/aromatic N) is 2. The van der Waals surface area contributed by atoms with Crippen molar-refractivity contribution in [2.75, 3.05) is 18.7 Å². The van der Waals surface area contributed by atoms with Gasteiger partial charge >= 0.3 is 0 Å². The van der Waals surface area contributed by atoms with Crippen LogP contribution in [0.4, 0.5) is 5.69 Å². The number of hydrogen-bond acceptors (Lipinski definition) is 5. The third kappa shape index (κ3) is 3.60. The number of amides is 1. The third-order valence-corrected chi connectivity index (χ3v) is 4.83. The first-order chi connectivity index (χ1) is 12.4. The highest BCUT2D eigenvalue weighted by atomic mass is 32.2. The summed E-state index contributed by atoms with van der Waals surface area (Å²) >= 11 is 0. The number of carbonyl (C=O) groups is 1. The number of carbonyl (C=O) groups excluding carboxylic acids is 1. The molecule has 0 saturated heterocycles. The molecule has 7 nitrogen and oxygen atoms in total. The molecule has 0 aliphatic heterocycles. The summed E-state index contributed by atoms with van der Waals surface area (Å²) < 4.78 is 30.5. The van der Waals surface area contributed by atoms with Crippen molar-refractivity contribution in [1.29, 1.82) is 0 Å². The Morgan fingerprint density at radius 3 is 2.38 bits per heavy atom. The number of para-hydroxylation sites is 2. The van der Waals surface area contributed by atoms with Crippen LogP contribution >= 0.6 is 0 Å². The van der Waals surface area contributed by atoms with Crippen molar-refractivity contribution in [2.45, 2.75) is 4.90 Å². The predicted octanol–water partition coefficient (Wildman–Crippen LogP) is 2.54. The Hall–Kier alpha value is -3.13. The number of aromatic nitrogens is 2. The van der Waals surface area contributed by atoms with Crippen LogP contribution in [0.25, 0.3) is 5.69 Å². The van der Waals surface area contributed by atoms with E-state index >= 15 is 0 Å². The molecule has 3 rings (SSSR count). The maximum atomic E-state index is 12.7. The van der Waals surface area contributed by atoms with Gasteiger partial charge in [0.15, 0.2) is 21.3 Å². The first-order valence-electron chi connectivity index (χ1n) is 7.69. The van der Waals surface area contributed by atoms with E-state index < -0.39 is 15.7 Å². The first-order valence-corrected chi connectivity index (χ1v) is 9.59. The molecular weight excluding hydrogens is 354 g/mol. The molecular formula is C18H17N3O4S. The number of benzene rings is 2. The Balaban J connectivity index is 1.96. The van der Waals surface area contributed by atoms with E-state index in [0.717, 1.165) is 11.9 Å². The van der Waals surface area contributed by atoms with E-state index in [0.29, 0.717) is 0 Å². The molecule has 2 aromatic carbocycles. The number of anilines is 1. The van der Waals surface area contributed by atoms with E-state index in [9.17, 15) is 13.2 Å². The van der Waals surface area contributed by atoms with Crippen LogP contribution in [0.15, 0.2) is 65.7 Å². The molecule has 0 fully saturated rings. The highest BCUT2D eigenvalue weighted by Gasteiger charge is 2.21. The monoisotopic (exact) mass is 371 g/mol. The highest BCUT2D eigenvalue weighted by molar-refractivity contribution is 7.90. The summed E-state index contributed by atoms with van der Waals surface area (Å²) in [5, 5.41) is 6.87. The van der Waals surface area contributed by atoms with Crippen molar-refractivity contribution in [3.63, 3.8) is 0 Å². The molecule has 1 heterocycles. The lowest BCUT2D eigenvalue weighted by molar-refractivity contribution is 0.101. The molecule has 3 aromatic rings. The lowest BCUT2D eigenvalue weighted by Gasteiger charge is -2.09. The summed E-state index contributed by atoms with van der Waals surface area (Å²) in [5.74, 6) is -0.282. The Bertz CT molecular complexity index is 1040. The van der Waals surface area contributed by atoms with Gasteiger partial charge in [0.05, 0.1) is 29.6 Å². The molecule has 1 aromatic heterocycles. The van der Waals surface area contributed by atoms with E-state index in [-0.39, 0.29) is 22.0 Å². The highest BCUT2D eigenvalue weighted by Crippen LogP contribution is 2.24. The fraction of sp³-hybridized carbons (Fsp3) is 0.111. The fourth-order valence-electron chi connectivity index (χ4n) is 2.45. The topological polar surface area (TPSA) is 90.3 Å². The molecule has 0 aliphatic rings. The second-order valence-electron chi connectivity index (χ2n) is 5.55. The van der Waals surface area contributed by atoms with Crippen LogP contribution in [-0.4, -0.2) is 37.5 Å². The quantitative estimate of drug-likeness (QED) is 0.744. The zero-order chi connectivity index (χ0) is 18.7. The zero-order valence-electron chi connectivity index (χ0n) is 14.2. The minimum atomic E-state index is -3.49. The zero-order valence-corrected chi connectivity index (χ0v) is 15.0. The summed E-state index contributed by atoms with van der Waals surface area (Å²) in [6, 6.07) is 15.5. The maximum absolute atomic E-state index is 12.7. The van der Waals surface area contributed by atoms with Gasteiger partial charge in [0.25, 0.3) is 5.91 Å². The lowest BCUT2D eigenvalue weighted by atomic mass is 10.3. The van der Waals surface area contributed by atoms with Crippen molar-refractivity contribution in [2.24, 2.45) is 0 Å². The molecule has 0 radical (unpaired) electrons. The summed E-state index contributed by atoms with van der Waals surface area (Å²) in [4.78, 5) is 12.7. The summed E-state index contributed by atoms with van der Waals surface area (Å²) in [6.45, 7) is 0. The van der Waals surface area contributed by atoms with E-state index in [2.05, 4.69) is 10.4 Å². The van der Waals surface area contributed by atoms with Crippen LogP contribution in [0.1, 0.15) is 10.5 Å². The van der Waals surface area contributed by atoms with Crippen LogP contribution in [0.2, 0.25) is 0 Å². The molecule has 1 amide bonds. The molecule has 0 unspecified atom stereocenters. The molecule has 0 aliphatic carbocycles. The standard InChI is InChI=1S/C18H17N3O4S/c1-25-15-12-21(13-8-4-3-5-9-13)20-17(15)18(22)19-14-10-6-7-11-16(14)26(2,23)24/h3-12H,1-2H3,(H,19,22). The largest absolute Gasteiger partial charge is 0.493 e. The number of rotatable bonds is 5. The molecule has 1 N–H and O–H groups in total. The van der Waals surface area contributed by atoms with Gasteiger partial charge in [-0.25, -0.2) is 13.1 Å². The average Bonchev–Trinajstić information content (AvgIpc) is 3.06. The Labute approximate surface area is 151 Å². The Kier molecular flexibility index (Phi) is 4.77. The SMILES string of the molecule is COc1cn(-c2ccccc2)nc1C(=O)Nc1ccccc1S(C)(=O)=O. The molecule has 0 spiro atoms. The van der Waals surface area contributed by atoms with Gasteiger partial charge in [-0.3, -0.25) is 4.79 Å². The summed E-state index contributed by atoms with van der Waals surface area (Å²) in [5.41, 5.74) is 1.01. The second-order valence-corrected chi connectivity index (χ2v) is 7.53. The number of ether oxygens (including phenoxy) is 1. The Morgan fingerprint density at radius 2 is 1.73 bits per heavy atom. The third-order valence-electron chi connectivity index (χ3n) is 3.67. The van der Waals surface area contributed by atoms with Crippen LogP contribution in [0.3, 0.4) is 0 Å². The van der Waals surface area contributed by atoms with Gasteiger partial charge in [-0.15, -0.1) is 0 Å². The first kappa shape index (κ1) is 17.7. The van der Waals surface area contributed by atoms with Gasteiger partial charge in [-0.05, 0) is 24.3 Å². The van der Waals surface area contributed by atoms with Gasteiger partial charge in [0.2, 0.25) is 0 Å². The maximum Gasteiger partial charge on any atom is 0.280 e. The molecule has 0 bridgehead atoms. The average molecular weight is 371 g/mol. The number of nitrogens with one attached hydrogen (secondary N) is 1. The Morgan fingerprint density at radius 1 is 1.08 bits per heavy atom. The van der Waals surface area contributed by atoms with Gasteiger partial charge in [-0.2, -0.15) is 5.10 Å². The predicted molar refractivity (Wildman–Crippen MR) is 97.6 cm³/mol. The molecule has 26 heavy (non-hydrogen) atoms. The van der Waals surface area contributed by atoms with E-state index in [1.165, 1.54) is 23.9 Å². The minimum absolute atomic E-state index is 0.0369. The van der Waals surface area contributed by atoms with Crippen LogP contribution in [-0.2, 0) is 9.84 Å². The second kappa shape index (κ2) is 7.01. The van der Waals surface area contributed by atoms with Gasteiger partial charge < -0.3 is 10.1 Å². The van der Waals surface area contributed by atoms with Crippen LogP contribution < -0.4 is 10.1 Å². The number of sulfone groups is 1. The molecule has 8 heteroatoms. The normalized spacial score (nSPS) is 11.2. The van der Waals surface area contributed by atoms with E-state index in [1.807, 2.05) is 30.3 Å².